The second kappa shape index (κ2) is 8.83. The fourth-order valence-corrected chi connectivity index (χ4v) is 5.38. The lowest BCUT2D eigenvalue weighted by Crippen LogP contribution is -2.72. The smallest absolute Gasteiger partial charge is 0.362 e. The van der Waals surface area contributed by atoms with Crippen LogP contribution in [0.2, 0.25) is 0 Å². The van der Waals surface area contributed by atoms with Crippen LogP contribution in [0, 0.1) is 13.8 Å². The number of quaternary nitrogens is 1. The Morgan fingerprint density at radius 2 is 1.58 bits per heavy atom. The Bertz CT molecular complexity index is 924. The lowest BCUT2D eigenvalue weighted by Gasteiger charge is -2.54. The molecule has 0 atom stereocenters. The van der Waals surface area contributed by atoms with Gasteiger partial charge in [-0.15, -0.1) is 0 Å². The van der Waals surface area contributed by atoms with E-state index < -0.39 is 5.54 Å². The maximum absolute atomic E-state index is 13.7. The monoisotopic (exact) mass is 421 g/mol. The van der Waals surface area contributed by atoms with Gasteiger partial charge in [-0.2, -0.15) is 0 Å². The first-order valence-corrected chi connectivity index (χ1v) is 11.4. The predicted octanol–water partition coefficient (Wildman–Crippen LogP) is 4.52. The van der Waals surface area contributed by atoms with Gasteiger partial charge in [0.1, 0.15) is 6.61 Å². The molecule has 2 aromatic carbocycles. The highest BCUT2D eigenvalue weighted by atomic mass is 16.5. The maximum atomic E-state index is 13.7. The lowest BCUT2D eigenvalue weighted by atomic mass is 9.72. The Kier molecular flexibility index (Phi) is 6.15. The zero-order chi connectivity index (χ0) is 21.9. The molecule has 1 heterocycles. The first-order chi connectivity index (χ1) is 15.0. The number of carbonyl (C=O) groups excluding carboxylic acids is 2. The number of nitrogens with one attached hydrogen (secondary N) is 1. The number of rotatable bonds is 7. The molecule has 31 heavy (non-hydrogen) atoms. The molecular formula is C26H33N2O3+. The highest BCUT2D eigenvalue weighted by Crippen LogP contribution is 2.46. The molecule has 1 amide bonds. The maximum Gasteiger partial charge on any atom is 0.362 e. The Labute approximate surface area is 185 Å². The van der Waals surface area contributed by atoms with Gasteiger partial charge in [0, 0.05) is 31.4 Å². The highest BCUT2D eigenvalue weighted by molar-refractivity contribution is 5.99. The molecule has 2 fully saturated rings. The molecule has 2 aliphatic rings. The SMILES string of the molecule is Cc1cccc(C)c1NC(=O)C1([N+]2(CC(=O)OCc3ccccc3)CCCC2)CCC1. The van der Waals surface area contributed by atoms with Crippen molar-refractivity contribution in [3.63, 3.8) is 0 Å². The summed E-state index contributed by atoms with van der Waals surface area (Å²) >= 11 is 0. The van der Waals surface area contributed by atoms with Crippen molar-refractivity contribution >= 4 is 17.6 Å². The molecule has 1 saturated carbocycles. The topological polar surface area (TPSA) is 55.4 Å². The number of aryl methyl sites for hydroxylation is 2. The van der Waals surface area contributed by atoms with Crippen molar-refractivity contribution in [2.75, 3.05) is 25.0 Å². The normalized spacial score (nSPS) is 18.8. The Hall–Kier alpha value is -2.66. The molecule has 1 aliphatic carbocycles. The lowest BCUT2D eigenvalue weighted by molar-refractivity contribution is -0.955. The molecule has 0 unspecified atom stereocenters. The van der Waals surface area contributed by atoms with E-state index in [0.29, 0.717) is 4.48 Å². The van der Waals surface area contributed by atoms with Gasteiger partial charge in [-0.3, -0.25) is 4.79 Å². The van der Waals surface area contributed by atoms with Crippen molar-refractivity contribution in [2.24, 2.45) is 0 Å². The van der Waals surface area contributed by atoms with Gasteiger partial charge in [0.25, 0.3) is 5.91 Å². The first kappa shape index (κ1) is 21.6. The van der Waals surface area contributed by atoms with E-state index in [1.54, 1.807) is 0 Å². The number of hydrogen-bond donors (Lipinski definition) is 1. The van der Waals surface area contributed by atoms with E-state index in [1.165, 1.54) is 0 Å². The largest absolute Gasteiger partial charge is 0.457 e. The van der Waals surface area contributed by atoms with Gasteiger partial charge in [0.2, 0.25) is 0 Å². The van der Waals surface area contributed by atoms with Crippen LogP contribution in [0.25, 0.3) is 0 Å². The van der Waals surface area contributed by atoms with Crippen molar-refractivity contribution in [3.05, 3.63) is 65.2 Å². The van der Waals surface area contributed by atoms with E-state index >= 15 is 0 Å². The quantitative estimate of drug-likeness (QED) is 0.528. The van der Waals surface area contributed by atoms with E-state index in [1.807, 2.05) is 62.4 Å². The summed E-state index contributed by atoms with van der Waals surface area (Å²) in [5, 5.41) is 3.25. The standard InChI is InChI=1S/C26H32N2O3/c1-20-10-8-11-21(2)24(20)27-25(30)26(14-9-15-26)28(16-6-7-17-28)18-23(29)31-19-22-12-4-3-5-13-22/h3-5,8,10-13H,6-7,9,14-19H2,1-2H3/p+1. The number of anilines is 1. The molecule has 0 radical (unpaired) electrons. The van der Waals surface area contributed by atoms with Crippen LogP contribution < -0.4 is 5.32 Å². The molecule has 4 rings (SSSR count). The summed E-state index contributed by atoms with van der Waals surface area (Å²) in [4.78, 5) is 26.6. The molecule has 0 bridgehead atoms. The van der Waals surface area contributed by atoms with Crippen LogP contribution >= 0.6 is 0 Å². The minimum Gasteiger partial charge on any atom is -0.457 e. The fourth-order valence-electron chi connectivity index (χ4n) is 5.38. The molecule has 164 valence electrons. The second-order valence-electron chi connectivity index (χ2n) is 9.21. The summed E-state index contributed by atoms with van der Waals surface area (Å²) in [6, 6.07) is 15.8. The van der Waals surface area contributed by atoms with E-state index in [0.717, 1.165) is 67.6 Å². The van der Waals surface area contributed by atoms with Crippen LogP contribution in [-0.2, 0) is 20.9 Å². The van der Waals surface area contributed by atoms with Gasteiger partial charge in [-0.25, -0.2) is 4.79 Å². The molecule has 5 nitrogen and oxygen atoms in total. The van der Waals surface area contributed by atoms with Gasteiger partial charge in [-0.05, 0) is 37.0 Å². The number of benzene rings is 2. The summed E-state index contributed by atoms with van der Waals surface area (Å²) in [5.41, 5.74) is 3.49. The molecular weight excluding hydrogens is 388 g/mol. The first-order valence-electron chi connectivity index (χ1n) is 11.4. The van der Waals surface area contributed by atoms with E-state index in [9.17, 15) is 9.59 Å². The summed E-state index contributed by atoms with van der Waals surface area (Å²) in [7, 11) is 0. The Morgan fingerprint density at radius 3 is 2.16 bits per heavy atom. The van der Waals surface area contributed by atoms with E-state index in [4.69, 9.17) is 4.74 Å². The number of hydrogen-bond acceptors (Lipinski definition) is 3. The number of carbonyl (C=O) groups is 2. The number of esters is 1. The van der Waals surface area contributed by atoms with E-state index in [2.05, 4.69) is 5.32 Å². The number of ether oxygens (including phenoxy) is 1. The summed E-state index contributed by atoms with van der Waals surface area (Å²) in [6.07, 6.45) is 4.78. The fraction of sp³-hybridized carbons (Fsp3) is 0.462. The molecule has 1 aliphatic heterocycles. The van der Waals surface area contributed by atoms with Crippen LogP contribution in [-0.4, -0.2) is 41.5 Å². The highest BCUT2D eigenvalue weighted by Gasteiger charge is 2.62. The number of para-hydroxylation sites is 1. The van der Waals surface area contributed by atoms with Crippen LogP contribution in [0.15, 0.2) is 48.5 Å². The van der Waals surface area contributed by atoms with Gasteiger partial charge >= 0.3 is 5.97 Å². The predicted molar refractivity (Wildman–Crippen MR) is 121 cm³/mol. The third kappa shape index (κ3) is 4.11. The van der Waals surface area contributed by atoms with Gasteiger partial charge in [-0.1, -0.05) is 48.5 Å². The van der Waals surface area contributed by atoms with E-state index in [-0.39, 0.29) is 25.0 Å². The summed E-state index contributed by atoms with van der Waals surface area (Å²) in [6.45, 7) is 6.32. The van der Waals surface area contributed by atoms with Crippen LogP contribution in [0.3, 0.4) is 0 Å². The molecule has 1 N–H and O–H groups in total. The van der Waals surface area contributed by atoms with Crippen molar-refractivity contribution in [2.45, 2.75) is 58.1 Å². The van der Waals surface area contributed by atoms with Gasteiger partial charge in [0.15, 0.2) is 12.1 Å². The van der Waals surface area contributed by atoms with Crippen LogP contribution in [0.1, 0.15) is 48.8 Å². The zero-order valence-electron chi connectivity index (χ0n) is 18.7. The average Bonchev–Trinajstić information content (AvgIpc) is 3.18. The van der Waals surface area contributed by atoms with Crippen molar-refractivity contribution in [1.29, 1.82) is 0 Å². The third-order valence-electron chi connectivity index (χ3n) is 7.33. The number of likely N-dealkylation sites (tertiary alicyclic amines) is 1. The Morgan fingerprint density at radius 1 is 0.935 bits per heavy atom. The summed E-state index contributed by atoms with van der Waals surface area (Å²) < 4.78 is 6.17. The minimum atomic E-state index is -0.531. The van der Waals surface area contributed by atoms with Crippen LogP contribution in [0.4, 0.5) is 5.69 Å². The second-order valence-corrected chi connectivity index (χ2v) is 9.21. The van der Waals surface area contributed by atoms with Crippen molar-refractivity contribution < 1.29 is 18.8 Å². The van der Waals surface area contributed by atoms with Gasteiger partial charge in [0.05, 0.1) is 13.1 Å². The van der Waals surface area contributed by atoms with Crippen molar-refractivity contribution in [3.8, 4) is 0 Å². The number of nitrogens with zero attached hydrogens (tertiary/aromatic N) is 1. The molecule has 0 aromatic heterocycles. The molecule has 0 spiro atoms. The average molecular weight is 422 g/mol. The van der Waals surface area contributed by atoms with Crippen molar-refractivity contribution in [1.82, 2.24) is 0 Å². The molecule has 2 aromatic rings. The molecule has 5 heteroatoms. The third-order valence-corrected chi connectivity index (χ3v) is 7.33. The van der Waals surface area contributed by atoms with Crippen LogP contribution in [0.5, 0.6) is 0 Å². The Balaban J connectivity index is 1.52. The van der Waals surface area contributed by atoms with Gasteiger partial charge < -0.3 is 14.5 Å². The number of amides is 1. The summed E-state index contributed by atoms with van der Waals surface area (Å²) in [5.74, 6) is -0.147. The minimum absolute atomic E-state index is 0.0638. The molecule has 1 saturated heterocycles. The zero-order valence-corrected chi connectivity index (χ0v) is 18.7.